The molecule has 0 spiro atoms. The van der Waals surface area contributed by atoms with Gasteiger partial charge < -0.3 is 0 Å². The van der Waals surface area contributed by atoms with E-state index in [1.165, 1.54) is 0 Å². The minimum atomic E-state index is -4.50. The van der Waals surface area contributed by atoms with Crippen LogP contribution in [0, 0.1) is 0 Å². The van der Waals surface area contributed by atoms with E-state index < -0.39 is 25.8 Å². The molecule has 0 rings (SSSR count). The zero-order valence-electron chi connectivity index (χ0n) is 13.4. The van der Waals surface area contributed by atoms with E-state index in [-0.39, 0.29) is 13.2 Å². The Morgan fingerprint density at radius 1 is 1.00 bits per heavy atom. The van der Waals surface area contributed by atoms with Gasteiger partial charge in [-0.15, -0.1) is 0 Å². The second kappa shape index (κ2) is 9.21. The molecule has 0 N–H and O–H groups in total. The number of phosphoric acid groups is 1. The van der Waals surface area contributed by atoms with Gasteiger partial charge in [-0.05, 0) is 26.7 Å². The SMILES string of the molecule is CCCCOP(=O)(OCCCC)OC(C)(C)C(F)(F)C(F)F. The first kappa shape index (κ1) is 21.8. The van der Waals surface area contributed by atoms with Gasteiger partial charge in [0.05, 0.1) is 13.2 Å². The lowest BCUT2D eigenvalue weighted by Gasteiger charge is -2.35. The molecule has 0 aromatic carbocycles. The van der Waals surface area contributed by atoms with Gasteiger partial charge in [0.2, 0.25) is 0 Å². The van der Waals surface area contributed by atoms with Crippen molar-refractivity contribution < 1.29 is 35.7 Å². The van der Waals surface area contributed by atoms with Gasteiger partial charge in [0.15, 0.2) is 0 Å². The van der Waals surface area contributed by atoms with Crippen LogP contribution in [0.15, 0.2) is 0 Å². The van der Waals surface area contributed by atoms with Crippen LogP contribution in [0.3, 0.4) is 0 Å². The molecular weight excluding hydrogens is 327 g/mol. The number of unbranched alkanes of at least 4 members (excludes halogenated alkanes) is 2. The fourth-order valence-electron chi connectivity index (χ4n) is 1.33. The molecule has 9 heteroatoms. The molecule has 134 valence electrons. The Labute approximate surface area is 129 Å². The number of phosphoric ester groups is 1. The van der Waals surface area contributed by atoms with Gasteiger partial charge in [0.1, 0.15) is 5.60 Å². The van der Waals surface area contributed by atoms with Crippen LogP contribution >= 0.6 is 7.82 Å². The second-order valence-corrected chi connectivity index (χ2v) is 6.94. The first-order valence-electron chi connectivity index (χ1n) is 7.28. The van der Waals surface area contributed by atoms with Crippen LogP contribution in [0.25, 0.3) is 0 Å². The zero-order chi connectivity index (χ0) is 17.4. The maximum Gasteiger partial charge on any atom is 0.475 e. The average Bonchev–Trinajstić information content (AvgIpc) is 2.38. The standard InChI is InChI=1S/C13H25F4O4P/c1-5-7-9-19-22(18,20-10-8-6-2)21-12(3,4)13(16,17)11(14)15/h11H,5-10H2,1-4H3. The summed E-state index contributed by atoms with van der Waals surface area (Å²) >= 11 is 0. The number of halogens is 4. The molecule has 0 heterocycles. The van der Waals surface area contributed by atoms with Gasteiger partial charge >= 0.3 is 20.2 Å². The van der Waals surface area contributed by atoms with E-state index in [4.69, 9.17) is 13.6 Å². The maximum absolute atomic E-state index is 13.5. The van der Waals surface area contributed by atoms with E-state index in [1.54, 1.807) is 0 Å². The summed E-state index contributed by atoms with van der Waals surface area (Å²) in [6.45, 7) is 5.10. The van der Waals surface area contributed by atoms with Gasteiger partial charge in [-0.25, -0.2) is 13.3 Å². The molecular formula is C13H25F4O4P. The summed E-state index contributed by atoms with van der Waals surface area (Å²) in [5.74, 6) is -4.50. The average molecular weight is 352 g/mol. The molecule has 0 atom stereocenters. The fourth-order valence-corrected chi connectivity index (χ4v) is 2.90. The van der Waals surface area contributed by atoms with Crippen molar-refractivity contribution in [1.82, 2.24) is 0 Å². The molecule has 4 nitrogen and oxygen atoms in total. The van der Waals surface area contributed by atoms with Crippen LogP contribution in [0.4, 0.5) is 17.6 Å². The summed E-state index contributed by atoms with van der Waals surface area (Å²) in [7, 11) is -4.35. The van der Waals surface area contributed by atoms with Crippen LogP contribution in [0.5, 0.6) is 0 Å². The van der Waals surface area contributed by atoms with Crippen molar-refractivity contribution in [1.29, 1.82) is 0 Å². The molecule has 0 saturated carbocycles. The number of rotatable bonds is 12. The molecule has 0 aliphatic rings. The Hall–Kier alpha value is -0.170. The maximum atomic E-state index is 13.5. The molecule has 0 aromatic rings. The van der Waals surface area contributed by atoms with Crippen LogP contribution in [-0.2, 0) is 18.1 Å². The minimum absolute atomic E-state index is 0.0315. The normalized spacial score (nSPS) is 13.9. The topological polar surface area (TPSA) is 44.8 Å². The highest BCUT2D eigenvalue weighted by atomic mass is 31.2. The van der Waals surface area contributed by atoms with Gasteiger partial charge in [0.25, 0.3) is 0 Å². The van der Waals surface area contributed by atoms with E-state index in [0.29, 0.717) is 25.7 Å². The number of hydrogen-bond donors (Lipinski definition) is 0. The Morgan fingerprint density at radius 2 is 1.41 bits per heavy atom. The first-order chi connectivity index (χ1) is 10.0. The summed E-state index contributed by atoms with van der Waals surface area (Å²) in [6, 6.07) is 0. The van der Waals surface area contributed by atoms with Crippen molar-refractivity contribution >= 4 is 7.82 Å². The molecule has 0 radical (unpaired) electrons. The van der Waals surface area contributed by atoms with Crippen LogP contribution < -0.4 is 0 Å². The van der Waals surface area contributed by atoms with E-state index in [2.05, 4.69) is 0 Å². The van der Waals surface area contributed by atoms with Crippen molar-refractivity contribution in [3.05, 3.63) is 0 Å². The summed E-state index contributed by atoms with van der Waals surface area (Å²) < 4.78 is 79.1. The smallest absolute Gasteiger partial charge is 0.287 e. The number of alkyl halides is 4. The summed E-state index contributed by atoms with van der Waals surface area (Å²) in [4.78, 5) is 0. The van der Waals surface area contributed by atoms with Crippen molar-refractivity contribution in [2.24, 2.45) is 0 Å². The third-order valence-electron chi connectivity index (χ3n) is 2.91. The first-order valence-corrected chi connectivity index (χ1v) is 8.74. The lowest BCUT2D eigenvalue weighted by Crippen LogP contribution is -2.49. The Morgan fingerprint density at radius 3 is 1.73 bits per heavy atom. The summed E-state index contributed by atoms with van der Waals surface area (Å²) in [5.41, 5.74) is -2.70. The second-order valence-electron chi connectivity index (χ2n) is 5.35. The van der Waals surface area contributed by atoms with Crippen molar-refractivity contribution in [2.75, 3.05) is 13.2 Å². The highest BCUT2D eigenvalue weighted by molar-refractivity contribution is 7.48. The van der Waals surface area contributed by atoms with Crippen molar-refractivity contribution in [3.63, 3.8) is 0 Å². The Balaban J connectivity index is 5.04. The largest absolute Gasteiger partial charge is 0.475 e. The molecule has 0 amide bonds. The Bertz CT molecular complexity index is 350. The molecule has 0 fully saturated rings. The number of hydrogen-bond acceptors (Lipinski definition) is 4. The molecule has 0 aliphatic carbocycles. The fraction of sp³-hybridized carbons (Fsp3) is 1.00. The highest BCUT2D eigenvalue weighted by Gasteiger charge is 2.58. The quantitative estimate of drug-likeness (QED) is 0.267. The summed E-state index contributed by atoms with van der Waals surface area (Å²) in [6.07, 6.45) is -1.51. The van der Waals surface area contributed by atoms with Crippen molar-refractivity contribution in [2.45, 2.75) is 71.3 Å². The van der Waals surface area contributed by atoms with Gasteiger partial charge in [-0.2, -0.15) is 8.78 Å². The summed E-state index contributed by atoms with van der Waals surface area (Å²) in [5, 5.41) is 0. The molecule has 0 saturated heterocycles. The predicted molar refractivity (Wildman–Crippen MR) is 75.4 cm³/mol. The Kier molecular flexibility index (Phi) is 9.13. The van der Waals surface area contributed by atoms with Gasteiger partial charge in [0, 0.05) is 0 Å². The monoisotopic (exact) mass is 352 g/mol. The molecule has 22 heavy (non-hydrogen) atoms. The molecule has 0 unspecified atom stereocenters. The lowest BCUT2D eigenvalue weighted by molar-refractivity contribution is -0.224. The highest BCUT2D eigenvalue weighted by Crippen LogP contribution is 2.56. The van der Waals surface area contributed by atoms with Gasteiger partial charge in [-0.1, -0.05) is 26.7 Å². The van der Waals surface area contributed by atoms with E-state index >= 15 is 0 Å². The molecule has 0 bridgehead atoms. The lowest BCUT2D eigenvalue weighted by atomic mass is 10.0. The third-order valence-corrected chi connectivity index (χ3v) is 4.59. The third kappa shape index (κ3) is 6.52. The predicted octanol–water partition coefficient (Wildman–Crippen LogP) is 5.42. The van der Waals surface area contributed by atoms with Crippen molar-refractivity contribution in [3.8, 4) is 0 Å². The van der Waals surface area contributed by atoms with Crippen LogP contribution in [-0.4, -0.2) is 31.2 Å². The van der Waals surface area contributed by atoms with Crippen LogP contribution in [0.1, 0.15) is 53.4 Å². The van der Waals surface area contributed by atoms with E-state index in [0.717, 1.165) is 13.8 Å². The molecule has 0 aliphatic heterocycles. The van der Waals surface area contributed by atoms with Crippen LogP contribution in [0.2, 0.25) is 0 Å². The molecule has 0 aromatic heterocycles. The zero-order valence-corrected chi connectivity index (χ0v) is 14.3. The van der Waals surface area contributed by atoms with E-state index in [1.807, 2.05) is 13.8 Å². The van der Waals surface area contributed by atoms with E-state index in [9.17, 15) is 22.1 Å². The van der Waals surface area contributed by atoms with Gasteiger partial charge in [-0.3, -0.25) is 13.6 Å². The minimum Gasteiger partial charge on any atom is -0.287 e.